The molecule has 0 saturated heterocycles. The SMILES string of the molecule is CCCCCNC(=O)c1ccc(CN(CC)CC)cc1. The van der Waals surface area contributed by atoms with Crippen LogP contribution in [0.3, 0.4) is 0 Å². The number of hydrogen-bond donors (Lipinski definition) is 1. The molecule has 0 heterocycles. The number of carbonyl (C=O) groups is 1. The maximum atomic E-state index is 11.9. The van der Waals surface area contributed by atoms with Crippen molar-refractivity contribution in [3.8, 4) is 0 Å². The molecule has 0 aliphatic heterocycles. The summed E-state index contributed by atoms with van der Waals surface area (Å²) >= 11 is 0. The van der Waals surface area contributed by atoms with Crippen molar-refractivity contribution in [3.05, 3.63) is 35.4 Å². The molecule has 0 bridgehead atoms. The van der Waals surface area contributed by atoms with Crippen LogP contribution >= 0.6 is 0 Å². The highest BCUT2D eigenvalue weighted by Gasteiger charge is 2.05. The summed E-state index contributed by atoms with van der Waals surface area (Å²) < 4.78 is 0. The second-order valence-corrected chi connectivity index (χ2v) is 5.12. The van der Waals surface area contributed by atoms with E-state index in [9.17, 15) is 4.79 Å². The Morgan fingerprint density at radius 2 is 1.70 bits per heavy atom. The number of nitrogens with zero attached hydrogens (tertiary/aromatic N) is 1. The van der Waals surface area contributed by atoms with Crippen LogP contribution in [-0.4, -0.2) is 30.4 Å². The second kappa shape index (κ2) is 9.54. The standard InChI is InChI=1S/C17H28N2O/c1-4-7-8-13-18-17(20)16-11-9-15(10-12-16)14-19(5-2)6-3/h9-12H,4-8,13-14H2,1-3H3,(H,18,20). The van der Waals surface area contributed by atoms with E-state index in [0.29, 0.717) is 0 Å². The first-order chi connectivity index (χ1) is 9.71. The van der Waals surface area contributed by atoms with E-state index in [0.717, 1.165) is 38.2 Å². The van der Waals surface area contributed by atoms with Crippen molar-refractivity contribution in [1.29, 1.82) is 0 Å². The maximum Gasteiger partial charge on any atom is 0.251 e. The van der Waals surface area contributed by atoms with E-state index in [1.165, 1.54) is 18.4 Å². The fraction of sp³-hybridized carbons (Fsp3) is 0.588. The molecule has 1 aromatic rings. The lowest BCUT2D eigenvalue weighted by atomic mass is 10.1. The first kappa shape index (κ1) is 16.7. The van der Waals surface area contributed by atoms with Gasteiger partial charge in [0.25, 0.3) is 5.91 Å². The highest BCUT2D eigenvalue weighted by atomic mass is 16.1. The minimum atomic E-state index is 0.0375. The molecule has 1 N–H and O–H groups in total. The Labute approximate surface area is 123 Å². The van der Waals surface area contributed by atoms with E-state index >= 15 is 0 Å². The van der Waals surface area contributed by atoms with E-state index in [1.807, 2.05) is 12.1 Å². The minimum absolute atomic E-state index is 0.0375. The van der Waals surface area contributed by atoms with Gasteiger partial charge >= 0.3 is 0 Å². The fourth-order valence-electron chi connectivity index (χ4n) is 2.15. The molecule has 0 aromatic heterocycles. The zero-order chi connectivity index (χ0) is 14.8. The number of carbonyl (C=O) groups excluding carboxylic acids is 1. The monoisotopic (exact) mass is 276 g/mol. The van der Waals surface area contributed by atoms with E-state index < -0.39 is 0 Å². The van der Waals surface area contributed by atoms with Crippen molar-refractivity contribution in [2.24, 2.45) is 0 Å². The number of hydrogen-bond acceptors (Lipinski definition) is 2. The maximum absolute atomic E-state index is 11.9. The van der Waals surface area contributed by atoms with Gasteiger partial charge in [-0.05, 0) is 37.2 Å². The average molecular weight is 276 g/mol. The molecule has 0 aliphatic rings. The third kappa shape index (κ3) is 5.74. The van der Waals surface area contributed by atoms with Gasteiger partial charge in [-0.2, -0.15) is 0 Å². The number of amides is 1. The van der Waals surface area contributed by atoms with Crippen molar-refractivity contribution in [3.63, 3.8) is 0 Å². The van der Waals surface area contributed by atoms with Crippen molar-refractivity contribution < 1.29 is 4.79 Å². The van der Waals surface area contributed by atoms with Gasteiger partial charge in [-0.15, -0.1) is 0 Å². The molecule has 3 heteroatoms. The van der Waals surface area contributed by atoms with Crippen LogP contribution in [0.2, 0.25) is 0 Å². The predicted molar refractivity (Wildman–Crippen MR) is 84.9 cm³/mol. The van der Waals surface area contributed by atoms with Crippen molar-refractivity contribution in [2.45, 2.75) is 46.6 Å². The number of nitrogens with one attached hydrogen (secondary N) is 1. The zero-order valence-electron chi connectivity index (χ0n) is 13.1. The molecule has 0 aliphatic carbocycles. The summed E-state index contributed by atoms with van der Waals surface area (Å²) in [5, 5.41) is 2.97. The van der Waals surface area contributed by atoms with Crippen LogP contribution < -0.4 is 5.32 Å². The molecular formula is C17H28N2O. The number of unbranched alkanes of at least 4 members (excludes halogenated alkanes) is 2. The Morgan fingerprint density at radius 3 is 2.25 bits per heavy atom. The van der Waals surface area contributed by atoms with Gasteiger partial charge in [0.05, 0.1) is 0 Å². The topological polar surface area (TPSA) is 32.3 Å². The highest BCUT2D eigenvalue weighted by molar-refractivity contribution is 5.94. The predicted octanol–water partition coefficient (Wildman–Crippen LogP) is 3.45. The summed E-state index contributed by atoms with van der Waals surface area (Å²) in [5.41, 5.74) is 2.01. The average Bonchev–Trinajstić information content (AvgIpc) is 2.49. The van der Waals surface area contributed by atoms with Gasteiger partial charge in [-0.25, -0.2) is 0 Å². The van der Waals surface area contributed by atoms with Crippen LogP contribution in [0, 0.1) is 0 Å². The minimum Gasteiger partial charge on any atom is -0.352 e. The molecule has 3 nitrogen and oxygen atoms in total. The first-order valence-corrected chi connectivity index (χ1v) is 7.80. The third-order valence-corrected chi connectivity index (χ3v) is 3.58. The number of rotatable bonds is 9. The van der Waals surface area contributed by atoms with Crippen LogP contribution in [0.1, 0.15) is 56.0 Å². The molecule has 0 spiro atoms. The lowest BCUT2D eigenvalue weighted by Crippen LogP contribution is -2.24. The molecular weight excluding hydrogens is 248 g/mol. The van der Waals surface area contributed by atoms with E-state index in [2.05, 4.69) is 43.1 Å². The number of benzene rings is 1. The summed E-state index contributed by atoms with van der Waals surface area (Å²) in [5.74, 6) is 0.0375. The lowest BCUT2D eigenvalue weighted by molar-refractivity contribution is 0.0953. The highest BCUT2D eigenvalue weighted by Crippen LogP contribution is 2.07. The smallest absolute Gasteiger partial charge is 0.251 e. The van der Waals surface area contributed by atoms with Crippen LogP contribution in [0.4, 0.5) is 0 Å². The fourth-order valence-corrected chi connectivity index (χ4v) is 2.15. The Kier molecular flexibility index (Phi) is 7.97. The third-order valence-electron chi connectivity index (χ3n) is 3.58. The summed E-state index contributed by atoms with van der Waals surface area (Å²) in [6.07, 6.45) is 3.40. The molecule has 112 valence electrons. The molecule has 0 saturated carbocycles. The molecule has 1 amide bonds. The Morgan fingerprint density at radius 1 is 1.05 bits per heavy atom. The van der Waals surface area contributed by atoms with Crippen LogP contribution in [0.15, 0.2) is 24.3 Å². The quantitative estimate of drug-likeness (QED) is 0.701. The van der Waals surface area contributed by atoms with Crippen molar-refractivity contribution in [1.82, 2.24) is 10.2 Å². The van der Waals surface area contributed by atoms with Crippen LogP contribution in [0.25, 0.3) is 0 Å². The summed E-state index contributed by atoms with van der Waals surface area (Å²) in [7, 11) is 0. The normalized spacial score (nSPS) is 10.8. The van der Waals surface area contributed by atoms with Gasteiger partial charge in [0, 0.05) is 18.7 Å². The van der Waals surface area contributed by atoms with Gasteiger partial charge in [0.15, 0.2) is 0 Å². The molecule has 1 rings (SSSR count). The summed E-state index contributed by atoms with van der Waals surface area (Å²) in [6.45, 7) is 10.3. The van der Waals surface area contributed by atoms with Gasteiger partial charge < -0.3 is 5.32 Å². The van der Waals surface area contributed by atoms with Crippen molar-refractivity contribution >= 4 is 5.91 Å². The molecule has 0 atom stereocenters. The van der Waals surface area contributed by atoms with Gasteiger partial charge in [0.1, 0.15) is 0 Å². The van der Waals surface area contributed by atoms with Gasteiger partial charge in [-0.3, -0.25) is 9.69 Å². The molecule has 0 fully saturated rings. The zero-order valence-corrected chi connectivity index (χ0v) is 13.1. The summed E-state index contributed by atoms with van der Waals surface area (Å²) in [6, 6.07) is 7.96. The van der Waals surface area contributed by atoms with E-state index in [-0.39, 0.29) is 5.91 Å². The van der Waals surface area contributed by atoms with Crippen LogP contribution in [0.5, 0.6) is 0 Å². The first-order valence-electron chi connectivity index (χ1n) is 7.80. The van der Waals surface area contributed by atoms with Gasteiger partial charge in [-0.1, -0.05) is 45.7 Å². The molecule has 1 aromatic carbocycles. The van der Waals surface area contributed by atoms with Crippen LogP contribution in [-0.2, 0) is 6.54 Å². The second-order valence-electron chi connectivity index (χ2n) is 5.12. The molecule has 0 unspecified atom stereocenters. The molecule has 20 heavy (non-hydrogen) atoms. The largest absolute Gasteiger partial charge is 0.352 e. The lowest BCUT2D eigenvalue weighted by Gasteiger charge is -2.18. The van der Waals surface area contributed by atoms with E-state index in [1.54, 1.807) is 0 Å². The Bertz CT molecular complexity index is 382. The Balaban J connectivity index is 2.46. The van der Waals surface area contributed by atoms with Crippen molar-refractivity contribution in [2.75, 3.05) is 19.6 Å². The Hall–Kier alpha value is -1.35. The summed E-state index contributed by atoms with van der Waals surface area (Å²) in [4.78, 5) is 14.3. The van der Waals surface area contributed by atoms with Gasteiger partial charge in [0.2, 0.25) is 0 Å². The van der Waals surface area contributed by atoms with E-state index in [4.69, 9.17) is 0 Å². The molecule has 0 radical (unpaired) electrons.